The SMILES string of the molecule is O=C(/C=C/c1ccco1)NC[C@H](c1ccoc1)N1CCSCC1. The Labute approximate surface area is 139 Å². The molecule has 23 heavy (non-hydrogen) atoms. The summed E-state index contributed by atoms with van der Waals surface area (Å²) in [6.07, 6.45) is 8.19. The minimum atomic E-state index is -0.124. The second-order valence-corrected chi connectivity index (χ2v) is 6.54. The molecule has 0 spiro atoms. The number of nitrogens with one attached hydrogen (secondary N) is 1. The molecule has 0 unspecified atom stereocenters. The van der Waals surface area contributed by atoms with Gasteiger partial charge in [0.1, 0.15) is 5.76 Å². The maximum atomic E-state index is 12.0. The Morgan fingerprint density at radius 1 is 1.35 bits per heavy atom. The molecule has 5 nitrogen and oxygen atoms in total. The van der Waals surface area contributed by atoms with E-state index in [1.165, 1.54) is 6.08 Å². The summed E-state index contributed by atoms with van der Waals surface area (Å²) in [6.45, 7) is 2.61. The van der Waals surface area contributed by atoms with Crippen molar-refractivity contribution in [1.82, 2.24) is 10.2 Å². The van der Waals surface area contributed by atoms with Gasteiger partial charge in [0.2, 0.25) is 5.91 Å². The lowest BCUT2D eigenvalue weighted by Gasteiger charge is -2.33. The lowest BCUT2D eigenvalue weighted by Crippen LogP contribution is -2.41. The van der Waals surface area contributed by atoms with Crippen LogP contribution in [0.1, 0.15) is 17.4 Å². The molecule has 0 aromatic carbocycles. The monoisotopic (exact) mass is 332 g/mol. The van der Waals surface area contributed by atoms with E-state index in [0.717, 1.165) is 30.2 Å². The summed E-state index contributed by atoms with van der Waals surface area (Å²) in [6, 6.07) is 5.72. The third kappa shape index (κ3) is 4.53. The molecule has 122 valence electrons. The lowest BCUT2D eigenvalue weighted by atomic mass is 10.1. The Hall–Kier alpha value is -1.92. The van der Waals surface area contributed by atoms with Crippen molar-refractivity contribution in [3.8, 4) is 0 Å². The average Bonchev–Trinajstić information content (AvgIpc) is 3.28. The Balaban J connectivity index is 1.58. The fraction of sp³-hybridized carbons (Fsp3) is 0.353. The Morgan fingerprint density at radius 2 is 2.22 bits per heavy atom. The van der Waals surface area contributed by atoms with Crippen LogP contribution in [-0.2, 0) is 4.79 Å². The molecule has 1 atom stereocenters. The van der Waals surface area contributed by atoms with Crippen LogP contribution in [0.25, 0.3) is 6.08 Å². The van der Waals surface area contributed by atoms with Gasteiger partial charge in [0.25, 0.3) is 0 Å². The molecule has 6 heteroatoms. The van der Waals surface area contributed by atoms with Crippen molar-refractivity contribution in [1.29, 1.82) is 0 Å². The first-order valence-corrected chi connectivity index (χ1v) is 8.82. The summed E-state index contributed by atoms with van der Waals surface area (Å²) in [5, 5.41) is 2.97. The van der Waals surface area contributed by atoms with Crippen molar-refractivity contribution < 1.29 is 13.6 Å². The molecule has 0 saturated carbocycles. The first-order valence-electron chi connectivity index (χ1n) is 7.66. The molecule has 0 bridgehead atoms. The van der Waals surface area contributed by atoms with Crippen molar-refractivity contribution in [2.75, 3.05) is 31.1 Å². The highest BCUT2D eigenvalue weighted by Gasteiger charge is 2.23. The zero-order chi connectivity index (χ0) is 15.9. The van der Waals surface area contributed by atoms with E-state index in [1.54, 1.807) is 30.9 Å². The van der Waals surface area contributed by atoms with E-state index >= 15 is 0 Å². The Morgan fingerprint density at radius 3 is 2.91 bits per heavy atom. The summed E-state index contributed by atoms with van der Waals surface area (Å²) in [5.74, 6) is 2.79. The molecule has 1 saturated heterocycles. The van der Waals surface area contributed by atoms with E-state index < -0.39 is 0 Å². The Bertz CT molecular complexity index is 616. The quantitative estimate of drug-likeness (QED) is 0.824. The average molecular weight is 332 g/mol. The number of thioether (sulfide) groups is 1. The number of carbonyl (C=O) groups excluding carboxylic acids is 1. The van der Waals surface area contributed by atoms with Crippen molar-refractivity contribution in [2.24, 2.45) is 0 Å². The number of rotatable bonds is 6. The summed E-state index contributed by atoms with van der Waals surface area (Å²) in [7, 11) is 0. The van der Waals surface area contributed by atoms with Crippen molar-refractivity contribution >= 4 is 23.7 Å². The normalized spacial score (nSPS) is 17.4. The topological polar surface area (TPSA) is 58.6 Å². The molecule has 3 rings (SSSR count). The number of nitrogens with zero attached hydrogens (tertiary/aromatic N) is 1. The predicted molar refractivity (Wildman–Crippen MR) is 91.1 cm³/mol. The van der Waals surface area contributed by atoms with Crippen LogP contribution in [0.5, 0.6) is 0 Å². The van der Waals surface area contributed by atoms with Crippen LogP contribution in [-0.4, -0.2) is 41.9 Å². The number of carbonyl (C=O) groups is 1. The summed E-state index contributed by atoms with van der Waals surface area (Å²) < 4.78 is 10.4. The molecule has 2 aromatic heterocycles. The zero-order valence-electron chi connectivity index (χ0n) is 12.8. The Kier molecular flexibility index (Phi) is 5.60. The fourth-order valence-electron chi connectivity index (χ4n) is 2.61. The lowest BCUT2D eigenvalue weighted by molar-refractivity contribution is -0.116. The zero-order valence-corrected chi connectivity index (χ0v) is 13.6. The van der Waals surface area contributed by atoms with Crippen LogP contribution in [0.4, 0.5) is 0 Å². The number of hydrogen-bond acceptors (Lipinski definition) is 5. The highest BCUT2D eigenvalue weighted by molar-refractivity contribution is 7.99. The highest BCUT2D eigenvalue weighted by Crippen LogP contribution is 2.24. The molecule has 1 aliphatic heterocycles. The van der Waals surface area contributed by atoms with E-state index in [4.69, 9.17) is 8.83 Å². The first-order chi connectivity index (χ1) is 11.3. The summed E-state index contributed by atoms with van der Waals surface area (Å²) in [4.78, 5) is 14.4. The van der Waals surface area contributed by atoms with E-state index in [0.29, 0.717) is 12.3 Å². The van der Waals surface area contributed by atoms with Gasteiger partial charge in [-0.1, -0.05) is 0 Å². The number of amides is 1. The molecule has 1 N–H and O–H groups in total. The smallest absolute Gasteiger partial charge is 0.244 e. The van der Waals surface area contributed by atoms with E-state index in [2.05, 4.69) is 10.2 Å². The van der Waals surface area contributed by atoms with Crippen LogP contribution >= 0.6 is 11.8 Å². The fourth-order valence-corrected chi connectivity index (χ4v) is 3.54. The third-order valence-electron chi connectivity index (χ3n) is 3.83. The number of hydrogen-bond donors (Lipinski definition) is 1. The molecule has 1 fully saturated rings. The van der Waals surface area contributed by atoms with Crippen LogP contribution in [0.15, 0.2) is 51.9 Å². The van der Waals surface area contributed by atoms with Crippen LogP contribution < -0.4 is 5.32 Å². The molecule has 2 aromatic rings. The standard InChI is InChI=1S/C17H20N2O3S/c20-17(4-3-15-2-1-8-22-15)18-12-16(14-5-9-21-13-14)19-6-10-23-11-7-19/h1-5,8-9,13,16H,6-7,10-12H2,(H,18,20)/b4-3+/t16-/m1/s1. The molecular formula is C17H20N2O3S. The minimum Gasteiger partial charge on any atom is -0.472 e. The van der Waals surface area contributed by atoms with Gasteiger partial charge >= 0.3 is 0 Å². The molecule has 3 heterocycles. The number of furan rings is 2. The molecular weight excluding hydrogens is 312 g/mol. The van der Waals surface area contributed by atoms with Gasteiger partial charge in [-0.15, -0.1) is 0 Å². The minimum absolute atomic E-state index is 0.124. The maximum Gasteiger partial charge on any atom is 0.244 e. The second kappa shape index (κ2) is 8.08. The van der Waals surface area contributed by atoms with Crippen LogP contribution in [0.2, 0.25) is 0 Å². The summed E-state index contributed by atoms with van der Waals surface area (Å²) >= 11 is 1.97. The van der Waals surface area contributed by atoms with Gasteiger partial charge in [0.15, 0.2) is 0 Å². The van der Waals surface area contributed by atoms with Crippen molar-refractivity contribution in [2.45, 2.75) is 6.04 Å². The highest BCUT2D eigenvalue weighted by atomic mass is 32.2. The largest absolute Gasteiger partial charge is 0.472 e. The van der Waals surface area contributed by atoms with Gasteiger partial charge in [-0.05, 0) is 24.3 Å². The van der Waals surface area contributed by atoms with Crippen molar-refractivity contribution in [3.63, 3.8) is 0 Å². The van der Waals surface area contributed by atoms with E-state index in [1.807, 2.05) is 23.9 Å². The van der Waals surface area contributed by atoms with Gasteiger partial charge in [-0.3, -0.25) is 9.69 Å². The van der Waals surface area contributed by atoms with Gasteiger partial charge in [0.05, 0.1) is 24.8 Å². The molecule has 0 aliphatic carbocycles. The van der Waals surface area contributed by atoms with Gasteiger partial charge in [0, 0.05) is 42.8 Å². The van der Waals surface area contributed by atoms with E-state index in [9.17, 15) is 4.79 Å². The van der Waals surface area contributed by atoms with Crippen LogP contribution in [0.3, 0.4) is 0 Å². The second-order valence-electron chi connectivity index (χ2n) is 5.31. The van der Waals surface area contributed by atoms with Gasteiger partial charge in [-0.2, -0.15) is 11.8 Å². The molecule has 0 radical (unpaired) electrons. The summed E-state index contributed by atoms with van der Waals surface area (Å²) in [5.41, 5.74) is 1.10. The van der Waals surface area contributed by atoms with Crippen LogP contribution in [0, 0.1) is 0 Å². The molecule has 1 aliphatic rings. The van der Waals surface area contributed by atoms with E-state index in [-0.39, 0.29) is 11.9 Å². The first kappa shape index (κ1) is 16.0. The molecule has 1 amide bonds. The predicted octanol–water partition coefficient (Wildman–Crippen LogP) is 2.79. The third-order valence-corrected chi connectivity index (χ3v) is 4.77. The van der Waals surface area contributed by atoms with Gasteiger partial charge < -0.3 is 14.2 Å². The van der Waals surface area contributed by atoms with Crippen molar-refractivity contribution in [3.05, 3.63) is 54.4 Å². The van der Waals surface area contributed by atoms with Gasteiger partial charge in [-0.25, -0.2) is 0 Å². The maximum absolute atomic E-state index is 12.0.